The van der Waals surface area contributed by atoms with Crippen LogP contribution in [0.15, 0.2) is 0 Å². The maximum absolute atomic E-state index is 12.4. The lowest BCUT2D eigenvalue weighted by molar-refractivity contribution is -0.131. The Morgan fingerprint density at radius 1 is 1.28 bits per heavy atom. The first-order valence-electron chi connectivity index (χ1n) is 7.58. The lowest BCUT2D eigenvalue weighted by Gasteiger charge is -2.29. The Labute approximate surface area is 116 Å². The molecule has 104 valence electrons. The molecule has 0 aromatic carbocycles. The number of rotatable bonds is 4. The third-order valence-corrected chi connectivity index (χ3v) is 5.39. The summed E-state index contributed by atoms with van der Waals surface area (Å²) in [7, 11) is 0. The van der Waals surface area contributed by atoms with Crippen LogP contribution in [0.4, 0.5) is 0 Å². The number of alkyl halides is 1. The molecule has 2 rings (SSSR count). The van der Waals surface area contributed by atoms with Crippen LogP contribution in [-0.4, -0.2) is 17.8 Å². The average Bonchev–Trinajstić information content (AvgIpc) is 2.86. The fraction of sp³-hybridized carbons (Fsp3) is 0.933. The Morgan fingerprint density at radius 3 is 2.61 bits per heavy atom. The van der Waals surface area contributed by atoms with E-state index in [0.717, 1.165) is 38.6 Å². The molecule has 2 atom stereocenters. The van der Waals surface area contributed by atoms with Gasteiger partial charge in [0, 0.05) is 17.3 Å². The molecule has 0 aromatic heterocycles. The average molecular weight is 272 g/mol. The first-order chi connectivity index (χ1) is 8.66. The van der Waals surface area contributed by atoms with E-state index in [4.69, 9.17) is 11.6 Å². The van der Waals surface area contributed by atoms with E-state index in [2.05, 4.69) is 12.2 Å². The molecule has 2 unspecified atom stereocenters. The fourth-order valence-electron chi connectivity index (χ4n) is 3.63. The lowest BCUT2D eigenvalue weighted by Crippen LogP contribution is -2.41. The van der Waals surface area contributed by atoms with Crippen LogP contribution in [-0.2, 0) is 4.79 Å². The van der Waals surface area contributed by atoms with E-state index in [-0.39, 0.29) is 5.41 Å². The first kappa shape index (κ1) is 14.2. The van der Waals surface area contributed by atoms with Crippen molar-refractivity contribution >= 4 is 17.5 Å². The maximum Gasteiger partial charge on any atom is 0.226 e. The summed E-state index contributed by atoms with van der Waals surface area (Å²) in [6.45, 7) is 2.99. The molecule has 2 fully saturated rings. The summed E-state index contributed by atoms with van der Waals surface area (Å²) in [5.41, 5.74) is -0.0466. The summed E-state index contributed by atoms with van der Waals surface area (Å²) < 4.78 is 0. The quantitative estimate of drug-likeness (QED) is 0.773. The predicted molar refractivity (Wildman–Crippen MR) is 75.8 cm³/mol. The standard InChI is InChI=1S/C15H26ClNO/c1-2-15(8-3-4-9-15)14(18)17-11-12-6-5-7-13(16)10-12/h12-13H,2-11H2,1H3,(H,17,18). The van der Waals surface area contributed by atoms with E-state index in [1.165, 1.54) is 25.7 Å². The molecule has 3 heteroatoms. The molecule has 0 spiro atoms. The molecule has 0 bridgehead atoms. The predicted octanol–water partition coefficient (Wildman–Crippen LogP) is 3.87. The van der Waals surface area contributed by atoms with E-state index in [9.17, 15) is 4.79 Å². The van der Waals surface area contributed by atoms with Crippen molar-refractivity contribution in [3.8, 4) is 0 Å². The van der Waals surface area contributed by atoms with Gasteiger partial charge >= 0.3 is 0 Å². The van der Waals surface area contributed by atoms with Crippen molar-refractivity contribution in [2.75, 3.05) is 6.54 Å². The third-order valence-electron chi connectivity index (χ3n) is 4.99. The number of nitrogens with one attached hydrogen (secondary N) is 1. The van der Waals surface area contributed by atoms with E-state index in [0.29, 0.717) is 17.2 Å². The Morgan fingerprint density at radius 2 is 2.00 bits per heavy atom. The Bertz CT molecular complexity index is 286. The van der Waals surface area contributed by atoms with Crippen molar-refractivity contribution in [3.05, 3.63) is 0 Å². The van der Waals surface area contributed by atoms with Gasteiger partial charge in [-0.2, -0.15) is 0 Å². The molecule has 0 aromatic rings. The van der Waals surface area contributed by atoms with Crippen LogP contribution in [0.2, 0.25) is 0 Å². The van der Waals surface area contributed by atoms with Crippen LogP contribution in [0.3, 0.4) is 0 Å². The smallest absolute Gasteiger partial charge is 0.226 e. The van der Waals surface area contributed by atoms with Gasteiger partial charge < -0.3 is 5.32 Å². The Kier molecular flexibility index (Phi) is 4.94. The molecule has 2 saturated carbocycles. The Balaban J connectivity index is 1.80. The number of carbonyl (C=O) groups is 1. The summed E-state index contributed by atoms with van der Waals surface area (Å²) in [6.07, 6.45) is 10.2. The molecular weight excluding hydrogens is 246 g/mol. The lowest BCUT2D eigenvalue weighted by atomic mass is 9.82. The molecule has 18 heavy (non-hydrogen) atoms. The second-order valence-electron chi connectivity index (χ2n) is 6.18. The van der Waals surface area contributed by atoms with Gasteiger partial charge in [-0.15, -0.1) is 11.6 Å². The van der Waals surface area contributed by atoms with Crippen LogP contribution >= 0.6 is 11.6 Å². The second kappa shape index (κ2) is 6.27. The molecule has 0 heterocycles. The fourth-order valence-corrected chi connectivity index (χ4v) is 4.03. The molecule has 2 aliphatic carbocycles. The van der Waals surface area contributed by atoms with Gasteiger partial charge in [0.1, 0.15) is 0 Å². The molecule has 2 aliphatic rings. The third kappa shape index (κ3) is 3.20. The summed E-state index contributed by atoms with van der Waals surface area (Å²) >= 11 is 6.20. The molecule has 1 N–H and O–H groups in total. The van der Waals surface area contributed by atoms with E-state index >= 15 is 0 Å². The van der Waals surface area contributed by atoms with Gasteiger partial charge in [-0.1, -0.05) is 26.2 Å². The monoisotopic (exact) mass is 271 g/mol. The topological polar surface area (TPSA) is 29.1 Å². The van der Waals surface area contributed by atoms with Crippen molar-refractivity contribution in [2.24, 2.45) is 11.3 Å². The van der Waals surface area contributed by atoms with Crippen LogP contribution in [0, 0.1) is 11.3 Å². The minimum atomic E-state index is -0.0466. The molecule has 0 radical (unpaired) electrons. The van der Waals surface area contributed by atoms with Gasteiger partial charge in [-0.25, -0.2) is 0 Å². The van der Waals surface area contributed by atoms with Crippen LogP contribution < -0.4 is 5.32 Å². The summed E-state index contributed by atoms with van der Waals surface area (Å²) in [6, 6.07) is 0. The zero-order chi connectivity index (χ0) is 13.0. The van der Waals surface area contributed by atoms with Gasteiger partial charge in [-0.05, 0) is 44.4 Å². The molecule has 1 amide bonds. The summed E-state index contributed by atoms with van der Waals surface area (Å²) in [5, 5.41) is 3.54. The van der Waals surface area contributed by atoms with Crippen LogP contribution in [0.5, 0.6) is 0 Å². The maximum atomic E-state index is 12.4. The van der Waals surface area contributed by atoms with Crippen molar-refractivity contribution in [2.45, 2.75) is 70.1 Å². The zero-order valence-corrected chi connectivity index (χ0v) is 12.3. The highest BCUT2D eigenvalue weighted by molar-refractivity contribution is 6.20. The number of halogens is 1. The number of amides is 1. The van der Waals surface area contributed by atoms with Gasteiger partial charge in [0.25, 0.3) is 0 Å². The molecule has 0 saturated heterocycles. The SMILES string of the molecule is CCC1(C(=O)NCC2CCCC(Cl)C2)CCCC1. The first-order valence-corrected chi connectivity index (χ1v) is 8.02. The second-order valence-corrected chi connectivity index (χ2v) is 6.80. The summed E-state index contributed by atoms with van der Waals surface area (Å²) in [5.74, 6) is 0.903. The number of hydrogen-bond donors (Lipinski definition) is 1. The van der Waals surface area contributed by atoms with Crippen LogP contribution in [0.1, 0.15) is 64.7 Å². The highest BCUT2D eigenvalue weighted by atomic mass is 35.5. The number of hydrogen-bond acceptors (Lipinski definition) is 1. The van der Waals surface area contributed by atoms with Gasteiger partial charge in [0.15, 0.2) is 0 Å². The highest BCUT2D eigenvalue weighted by Crippen LogP contribution is 2.41. The van der Waals surface area contributed by atoms with Crippen molar-refractivity contribution in [1.82, 2.24) is 5.32 Å². The molecule has 2 nitrogen and oxygen atoms in total. The van der Waals surface area contributed by atoms with Crippen LogP contribution in [0.25, 0.3) is 0 Å². The summed E-state index contributed by atoms with van der Waals surface area (Å²) in [4.78, 5) is 12.4. The minimum absolute atomic E-state index is 0.0466. The number of carbonyl (C=O) groups excluding carboxylic acids is 1. The van der Waals surface area contributed by atoms with E-state index in [1.54, 1.807) is 0 Å². The normalized spacial score (nSPS) is 31.2. The van der Waals surface area contributed by atoms with E-state index < -0.39 is 0 Å². The van der Waals surface area contributed by atoms with Crippen molar-refractivity contribution < 1.29 is 4.79 Å². The van der Waals surface area contributed by atoms with Gasteiger partial charge in [0.2, 0.25) is 5.91 Å². The van der Waals surface area contributed by atoms with Gasteiger partial charge in [-0.3, -0.25) is 4.79 Å². The zero-order valence-electron chi connectivity index (χ0n) is 11.5. The minimum Gasteiger partial charge on any atom is -0.355 e. The highest BCUT2D eigenvalue weighted by Gasteiger charge is 2.39. The van der Waals surface area contributed by atoms with Crippen molar-refractivity contribution in [1.29, 1.82) is 0 Å². The molecule has 0 aliphatic heterocycles. The van der Waals surface area contributed by atoms with Gasteiger partial charge in [0.05, 0.1) is 0 Å². The Hall–Kier alpha value is -0.240. The molecular formula is C15H26ClNO. The largest absolute Gasteiger partial charge is 0.355 e. The van der Waals surface area contributed by atoms with Crippen molar-refractivity contribution in [3.63, 3.8) is 0 Å². The van der Waals surface area contributed by atoms with E-state index in [1.807, 2.05) is 0 Å².